The van der Waals surface area contributed by atoms with Gasteiger partial charge in [0.05, 0.1) is 18.3 Å². The van der Waals surface area contributed by atoms with Gasteiger partial charge in [0.25, 0.3) is 0 Å². The van der Waals surface area contributed by atoms with Crippen molar-refractivity contribution in [2.75, 3.05) is 19.6 Å². The third-order valence-corrected chi connectivity index (χ3v) is 12.4. The molecule has 1 aliphatic heterocycles. The molecular formula is C47H67N9O9. The van der Waals surface area contributed by atoms with Crippen molar-refractivity contribution in [3.05, 3.63) is 71.9 Å². The number of nitrogens with two attached hydrogens (primary N) is 2. The number of para-hydroxylation sites is 1. The zero-order valence-electron chi connectivity index (χ0n) is 37.0. The molecule has 0 radical (unpaired) electrons. The van der Waals surface area contributed by atoms with Gasteiger partial charge in [-0.2, -0.15) is 0 Å². The van der Waals surface area contributed by atoms with Crippen molar-refractivity contribution in [3.63, 3.8) is 0 Å². The van der Waals surface area contributed by atoms with Crippen molar-refractivity contribution in [1.29, 1.82) is 0 Å². The summed E-state index contributed by atoms with van der Waals surface area (Å²) in [6.45, 7) is 1.12. The highest BCUT2D eigenvalue weighted by Crippen LogP contribution is 2.24. The summed E-state index contributed by atoms with van der Waals surface area (Å²) in [7, 11) is 0. The number of carbonyl (C=O) groups is 7. The molecule has 1 saturated carbocycles. The molecular weight excluding hydrogens is 835 g/mol. The molecule has 0 unspecified atom stereocenters. The SMILES string of the molecule is NCCC[C@@H](CC(=O)N[C@@H]1CCNC[C@H]1C(=O)N[C@H](CC(=O)N[C@@H](CCC(=O)O)CC(=O)O)Cc1c[nH]c2ccccc12)NC(=O)C[C@H](Cc1ccccc1)NC(=O)[C@@H]1CCCC[C@H]1N. The molecule has 0 spiro atoms. The molecule has 18 nitrogen and oxygen atoms in total. The molecule has 5 rings (SSSR count). The molecule has 3 aromatic rings. The number of hydrogen-bond acceptors (Lipinski definition) is 10. The van der Waals surface area contributed by atoms with Crippen LogP contribution in [0, 0.1) is 11.8 Å². The predicted molar refractivity (Wildman–Crippen MR) is 244 cm³/mol. The largest absolute Gasteiger partial charge is 0.481 e. The van der Waals surface area contributed by atoms with Gasteiger partial charge in [-0.05, 0) is 81.6 Å². The Morgan fingerprint density at radius 1 is 0.677 bits per heavy atom. The van der Waals surface area contributed by atoms with Crippen molar-refractivity contribution in [3.8, 4) is 0 Å². The van der Waals surface area contributed by atoms with E-state index in [-0.39, 0.29) is 74.8 Å². The second-order valence-corrected chi connectivity index (χ2v) is 17.6. The zero-order chi connectivity index (χ0) is 46.7. The molecule has 65 heavy (non-hydrogen) atoms. The number of fused-ring (bicyclic) bond motifs is 1. The summed E-state index contributed by atoms with van der Waals surface area (Å²) in [4.78, 5) is 94.4. The van der Waals surface area contributed by atoms with E-state index < -0.39 is 66.3 Å². The number of carboxylic acids is 2. The highest BCUT2D eigenvalue weighted by Gasteiger charge is 2.35. The molecule has 1 aromatic heterocycles. The number of piperidine rings is 1. The lowest BCUT2D eigenvalue weighted by molar-refractivity contribution is -0.140. The summed E-state index contributed by atoms with van der Waals surface area (Å²) >= 11 is 0. The van der Waals surface area contributed by atoms with E-state index in [0.29, 0.717) is 45.2 Å². The van der Waals surface area contributed by atoms with Crippen LogP contribution in [0.1, 0.15) is 94.6 Å². The Morgan fingerprint density at radius 3 is 1.98 bits per heavy atom. The highest BCUT2D eigenvalue weighted by molar-refractivity contribution is 5.86. The lowest BCUT2D eigenvalue weighted by Gasteiger charge is -2.33. The number of carbonyl (C=O) groups excluding carboxylic acids is 5. The van der Waals surface area contributed by atoms with Crippen LogP contribution in [-0.4, -0.2) is 113 Å². The van der Waals surface area contributed by atoms with Crippen LogP contribution in [0.2, 0.25) is 0 Å². The Morgan fingerprint density at radius 2 is 1.31 bits per heavy atom. The summed E-state index contributed by atoms with van der Waals surface area (Å²) in [6, 6.07) is 13.6. The smallest absolute Gasteiger partial charge is 0.305 e. The summed E-state index contributed by atoms with van der Waals surface area (Å²) in [5.74, 6) is -5.16. The van der Waals surface area contributed by atoms with Crippen molar-refractivity contribution >= 4 is 52.4 Å². The van der Waals surface area contributed by atoms with Gasteiger partial charge in [-0.15, -0.1) is 0 Å². The molecule has 18 heteroatoms. The monoisotopic (exact) mass is 902 g/mol. The minimum atomic E-state index is -1.19. The molecule has 354 valence electrons. The van der Waals surface area contributed by atoms with Gasteiger partial charge in [0, 0.05) is 85.6 Å². The second kappa shape index (κ2) is 25.6. The molecule has 0 bridgehead atoms. The number of H-pyrrole nitrogens is 1. The summed E-state index contributed by atoms with van der Waals surface area (Å²) in [5, 5.41) is 37.6. The number of aromatic nitrogens is 1. The van der Waals surface area contributed by atoms with Crippen molar-refractivity contribution in [2.24, 2.45) is 23.3 Å². The predicted octanol–water partition coefficient (Wildman–Crippen LogP) is 1.75. The number of rotatable bonds is 25. The third-order valence-electron chi connectivity index (χ3n) is 12.4. The first-order valence-corrected chi connectivity index (χ1v) is 23.0. The van der Waals surface area contributed by atoms with E-state index in [9.17, 15) is 43.8 Å². The van der Waals surface area contributed by atoms with Crippen LogP contribution >= 0.6 is 0 Å². The quantitative estimate of drug-likeness (QED) is 0.0580. The second-order valence-electron chi connectivity index (χ2n) is 17.6. The lowest BCUT2D eigenvalue weighted by atomic mass is 9.84. The maximum absolute atomic E-state index is 14.2. The van der Waals surface area contributed by atoms with E-state index in [1.165, 1.54) is 0 Å². The average molecular weight is 902 g/mol. The summed E-state index contributed by atoms with van der Waals surface area (Å²) in [6.07, 6.45) is 6.08. The first-order chi connectivity index (χ1) is 31.3. The fourth-order valence-corrected chi connectivity index (χ4v) is 9.05. The van der Waals surface area contributed by atoms with E-state index in [1.54, 1.807) is 6.20 Å². The van der Waals surface area contributed by atoms with E-state index >= 15 is 0 Å². The normalized spacial score (nSPS) is 20.3. The van der Waals surface area contributed by atoms with Gasteiger partial charge in [-0.25, -0.2) is 0 Å². The first-order valence-electron chi connectivity index (χ1n) is 23.0. The minimum absolute atomic E-state index is 0.0137. The van der Waals surface area contributed by atoms with E-state index in [1.807, 2.05) is 54.6 Å². The highest BCUT2D eigenvalue weighted by atomic mass is 16.4. The van der Waals surface area contributed by atoms with Crippen LogP contribution in [0.4, 0.5) is 0 Å². The Labute approximate surface area is 379 Å². The number of carboxylic acid groups (broad SMARTS) is 2. The van der Waals surface area contributed by atoms with E-state index in [0.717, 1.165) is 41.3 Å². The van der Waals surface area contributed by atoms with Gasteiger partial charge in [-0.3, -0.25) is 33.6 Å². The molecule has 2 aliphatic rings. The number of aromatic amines is 1. The number of hydrogen-bond donors (Lipinski definition) is 11. The third kappa shape index (κ3) is 16.6. The minimum Gasteiger partial charge on any atom is -0.481 e. The Bertz CT molecular complexity index is 2060. The van der Waals surface area contributed by atoms with E-state index in [2.05, 4.69) is 36.9 Å². The van der Waals surface area contributed by atoms with Gasteiger partial charge < -0.3 is 58.6 Å². The van der Waals surface area contributed by atoms with Crippen LogP contribution in [0.15, 0.2) is 60.8 Å². The molecule has 2 fully saturated rings. The molecule has 1 aliphatic carbocycles. The van der Waals surface area contributed by atoms with Gasteiger partial charge >= 0.3 is 11.9 Å². The fourth-order valence-electron chi connectivity index (χ4n) is 9.05. The zero-order valence-corrected chi connectivity index (χ0v) is 37.0. The number of benzene rings is 2. The van der Waals surface area contributed by atoms with E-state index in [4.69, 9.17) is 11.5 Å². The van der Waals surface area contributed by atoms with Crippen molar-refractivity contribution in [2.45, 2.75) is 133 Å². The number of nitrogens with one attached hydrogen (secondary N) is 7. The molecule has 2 heterocycles. The van der Waals surface area contributed by atoms with Crippen molar-refractivity contribution < 1.29 is 43.8 Å². The first kappa shape index (κ1) is 50.2. The lowest BCUT2D eigenvalue weighted by Crippen LogP contribution is -2.57. The van der Waals surface area contributed by atoms with Crippen LogP contribution < -0.4 is 43.4 Å². The summed E-state index contributed by atoms with van der Waals surface area (Å²) in [5.41, 5.74) is 14.8. The number of aliphatic carboxylic acids is 2. The summed E-state index contributed by atoms with van der Waals surface area (Å²) < 4.78 is 0. The van der Waals surface area contributed by atoms with Crippen molar-refractivity contribution in [1.82, 2.24) is 36.9 Å². The number of amides is 5. The van der Waals surface area contributed by atoms with Crippen LogP contribution in [-0.2, 0) is 46.4 Å². The molecule has 13 N–H and O–H groups in total. The standard InChI is InChI=1S/C47H67N9O9/c48-19-8-11-31(52-41(57)24-33(21-29-9-2-1-3-10-29)54-46(64)36-13-4-6-14-38(36)49)23-43(59)56-40-18-20-50-28-37(40)47(65)55-34(22-30-27-51-39-15-7-5-12-35(30)39)25-42(58)53-32(26-45(62)63)16-17-44(60)61/h1-3,5,7,9-10,12,15,27,31-34,36-38,40,50-51H,4,6,8,11,13-14,16-26,28,48-49H2,(H,52,57)(H,53,58)(H,54,64)(H,55,65)(H,56,59)(H,60,61)(H,62,63)/t31-,32-,33-,34-,36+,37+,38+,40+/m0/s1. The Hall–Kier alpha value is -5.85. The van der Waals surface area contributed by atoms with Gasteiger partial charge in [0.2, 0.25) is 29.5 Å². The van der Waals surface area contributed by atoms with Gasteiger partial charge in [0.15, 0.2) is 0 Å². The maximum atomic E-state index is 14.2. The molecule has 1 saturated heterocycles. The van der Waals surface area contributed by atoms with Crippen LogP contribution in [0.3, 0.4) is 0 Å². The Balaban J connectivity index is 1.24. The maximum Gasteiger partial charge on any atom is 0.305 e. The van der Waals surface area contributed by atoms with Crippen LogP contribution in [0.25, 0.3) is 10.9 Å². The fraction of sp³-hybridized carbons (Fsp3) is 0.553. The van der Waals surface area contributed by atoms with Crippen LogP contribution in [0.5, 0.6) is 0 Å². The van der Waals surface area contributed by atoms with Gasteiger partial charge in [0.1, 0.15) is 0 Å². The van der Waals surface area contributed by atoms with Gasteiger partial charge in [-0.1, -0.05) is 61.4 Å². The molecule has 2 aromatic carbocycles. The molecule has 5 amide bonds. The topological polar surface area (TPSA) is 300 Å². The average Bonchev–Trinajstić information content (AvgIpc) is 3.67. The Kier molecular flexibility index (Phi) is 19.7. The molecule has 8 atom stereocenters.